The van der Waals surface area contributed by atoms with E-state index in [4.69, 9.17) is 0 Å². The fourth-order valence-electron chi connectivity index (χ4n) is 3.78. The predicted molar refractivity (Wildman–Crippen MR) is 108 cm³/mol. The summed E-state index contributed by atoms with van der Waals surface area (Å²) in [5, 5.41) is 4.29. The first kappa shape index (κ1) is 16.7. The summed E-state index contributed by atoms with van der Waals surface area (Å²) < 4.78 is 2.01. The maximum Gasteiger partial charge on any atom is 0.184 e. The van der Waals surface area contributed by atoms with Crippen molar-refractivity contribution in [3.05, 3.63) is 60.3 Å². The number of aromatic nitrogens is 1. The molecule has 0 amide bonds. The van der Waals surface area contributed by atoms with Gasteiger partial charge in [-0.3, -0.25) is 4.79 Å². The summed E-state index contributed by atoms with van der Waals surface area (Å²) in [5.41, 5.74) is 4.12. The van der Waals surface area contributed by atoms with Crippen LogP contribution in [0.3, 0.4) is 0 Å². The lowest BCUT2D eigenvalue weighted by atomic mass is 10.1. The van der Waals surface area contributed by atoms with Crippen LogP contribution in [-0.2, 0) is 7.05 Å². The van der Waals surface area contributed by atoms with Gasteiger partial charge in [0.05, 0.1) is 6.54 Å². The van der Waals surface area contributed by atoms with Crippen molar-refractivity contribution in [3.63, 3.8) is 0 Å². The van der Waals surface area contributed by atoms with Gasteiger partial charge in [0.1, 0.15) is 0 Å². The lowest BCUT2D eigenvalue weighted by Gasteiger charge is -2.28. The zero-order chi connectivity index (χ0) is 17.9. The monoisotopic (exact) mass is 347 g/mol. The van der Waals surface area contributed by atoms with Crippen molar-refractivity contribution >= 4 is 28.1 Å². The van der Waals surface area contributed by atoms with Gasteiger partial charge in [0.25, 0.3) is 0 Å². The van der Waals surface area contributed by atoms with Crippen LogP contribution < -0.4 is 10.2 Å². The molecule has 0 atom stereocenters. The number of carbonyl (C=O) groups excluding carboxylic acids is 1. The Bertz CT molecular complexity index is 905. The number of hydrogen-bond acceptors (Lipinski definition) is 3. The van der Waals surface area contributed by atoms with E-state index >= 15 is 0 Å². The standard InChI is InChI=1S/C22H25N3O/c1-24-16-20(19-7-3-4-8-21(19)24)22(26)15-23-17-9-11-18(12-10-17)25-13-5-2-6-14-25/h3-4,7-12,16,23H,2,5-6,13-15H2,1H3. The topological polar surface area (TPSA) is 37.3 Å². The fourth-order valence-corrected chi connectivity index (χ4v) is 3.78. The van der Waals surface area contributed by atoms with Crippen molar-refractivity contribution in [3.8, 4) is 0 Å². The van der Waals surface area contributed by atoms with Gasteiger partial charge < -0.3 is 14.8 Å². The average Bonchev–Trinajstić information content (AvgIpc) is 3.04. The molecule has 0 unspecified atom stereocenters. The number of ketones is 1. The molecule has 134 valence electrons. The number of carbonyl (C=O) groups is 1. The van der Waals surface area contributed by atoms with Crippen molar-refractivity contribution in [1.29, 1.82) is 0 Å². The molecule has 0 spiro atoms. The molecule has 4 nitrogen and oxygen atoms in total. The van der Waals surface area contributed by atoms with Crippen LogP contribution in [0.1, 0.15) is 29.6 Å². The van der Waals surface area contributed by atoms with Crippen LogP contribution in [0.5, 0.6) is 0 Å². The summed E-state index contributed by atoms with van der Waals surface area (Å²) in [4.78, 5) is 15.1. The summed E-state index contributed by atoms with van der Waals surface area (Å²) in [7, 11) is 1.98. The number of nitrogens with one attached hydrogen (secondary N) is 1. The highest BCUT2D eigenvalue weighted by Gasteiger charge is 2.14. The van der Waals surface area contributed by atoms with Gasteiger partial charge in [-0.1, -0.05) is 18.2 Å². The SMILES string of the molecule is Cn1cc(C(=O)CNc2ccc(N3CCCCC3)cc2)c2ccccc21. The van der Waals surface area contributed by atoms with Crippen LogP contribution in [-0.4, -0.2) is 30.0 Å². The van der Waals surface area contributed by atoms with E-state index in [0.29, 0.717) is 6.54 Å². The Morgan fingerprint density at radius 1 is 1.00 bits per heavy atom. The molecule has 1 aliphatic rings. The molecule has 0 radical (unpaired) electrons. The van der Waals surface area contributed by atoms with E-state index in [-0.39, 0.29) is 5.78 Å². The summed E-state index contributed by atoms with van der Waals surface area (Å²) in [5.74, 6) is 0.113. The smallest absolute Gasteiger partial charge is 0.184 e. The maximum atomic E-state index is 12.7. The number of para-hydroxylation sites is 1. The Hall–Kier alpha value is -2.75. The van der Waals surface area contributed by atoms with E-state index < -0.39 is 0 Å². The number of fused-ring (bicyclic) bond motifs is 1. The molecule has 0 saturated carbocycles. The predicted octanol–water partition coefficient (Wildman–Crippen LogP) is 4.46. The molecule has 2 aromatic carbocycles. The number of nitrogens with zero attached hydrogens (tertiary/aromatic N) is 2. The third kappa shape index (κ3) is 3.32. The number of rotatable bonds is 5. The lowest BCUT2D eigenvalue weighted by Crippen LogP contribution is -2.29. The number of anilines is 2. The number of aryl methyl sites for hydroxylation is 1. The van der Waals surface area contributed by atoms with Gasteiger partial charge in [0, 0.05) is 54.2 Å². The minimum absolute atomic E-state index is 0.113. The molecular formula is C22H25N3O. The van der Waals surface area contributed by atoms with E-state index in [1.165, 1.54) is 24.9 Å². The van der Waals surface area contributed by atoms with E-state index in [0.717, 1.165) is 35.2 Å². The number of piperidine rings is 1. The number of benzene rings is 2. The Kier molecular flexibility index (Phi) is 4.65. The van der Waals surface area contributed by atoms with Crippen molar-refractivity contribution in [2.45, 2.75) is 19.3 Å². The van der Waals surface area contributed by atoms with Crippen LogP contribution >= 0.6 is 0 Å². The van der Waals surface area contributed by atoms with Gasteiger partial charge in [-0.05, 0) is 49.6 Å². The molecule has 3 aromatic rings. The number of hydrogen-bond donors (Lipinski definition) is 1. The van der Waals surface area contributed by atoms with Crippen LogP contribution in [0.2, 0.25) is 0 Å². The zero-order valence-electron chi connectivity index (χ0n) is 15.2. The van der Waals surface area contributed by atoms with Crippen LogP contribution in [0.25, 0.3) is 10.9 Å². The first-order valence-corrected chi connectivity index (χ1v) is 9.38. The highest BCUT2D eigenvalue weighted by Crippen LogP contribution is 2.23. The van der Waals surface area contributed by atoms with Crippen molar-refractivity contribution < 1.29 is 4.79 Å². The van der Waals surface area contributed by atoms with Crippen LogP contribution in [0.15, 0.2) is 54.7 Å². The van der Waals surface area contributed by atoms with E-state index in [1.54, 1.807) is 0 Å². The summed E-state index contributed by atoms with van der Waals surface area (Å²) in [6.45, 7) is 2.59. The van der Waals surface area contributed by atoms with Crippen molar-refractivity contribution in [1.82, 2.24) is 4.57 Å². The minimum atomic E-state index is 0.113. The molecule has 2 heterocycles. The highest BCUT2D eigenvalue weighted by atomic mass is 16.1. The molecule has 4 heteroatoms. The second kappa shape index (κ2) is 7.24. The van der Waals surface area contributed by atoms with Crippen molar-refractivity contribution in [2.75, 3.05) is 29.9 Å². The lowest BCUT2D eigenvalue weighted by molar-refractivity contribution is 0.101. The van der Waals surface area contributed by atoms with Crippen molar-refractivity contribution in [2.24, 2.45) is 7.05 Å². The van der Waals surface area contributed by atoms with Gasteiger partial charge in [-0.15, -0.1) is 0 Å². The zero-order valence-corrected chi connectivity index (χ0v) is 15.2. The molecule has 1 saturated heterocycles. The third-order valence-corrected chi connectivity index (χ3v) is 5.24. The molecule has 1 fully saturated rings. The second-order valence-corrected chi connectivity index (χ2v) is 7.04. The quantitative estimate of drug-likeness (QED) is 0.692. The molecular weight excluding hydrogens is 322 g/mol. The van der Waals surface area contributed by atoms with E-state index in [9.17, 15) is 4.79 Å². The molecule has 1 N–H and O–H groups in total. The Morgan fingerprint density at radius 3 is 2.50 bits per heavy atom. The van der Waals surface area contributed by atoms with Gasteiger partial charge >= 0.3 is 0 Å². The largest absolute Gasteiger partial charge is 0.378 e. The Balaban J connectivity index is 1.42. The summed E-state index contributed by atoms with van der Waals surface area (Å²) in [6, 6.07) is 16.5. The summed E-state index contributed by atoms with van der Waals surface area (Å²) >= 11 is 0. The van der Waals surface area contributed by atoms with Gasteiger partial charge in [0.2, 0.25) is 0 Å². The van der Waals surface area contributed by atoms with Crippen LogP contribution in [0, 0.1) is 0 Å². The third-order valence-electron chi connectivity index (χ3n) is 5.24. The molecule has 0 aliphatic carbocycles. The second-order valence-electron chi connectivity index (χ2n) is 7.04. The van der Waals surface area contributed by atoms with Gasteiger partial charge in [-0.25, -0.2) is 0 Å². The average molecular weight is 347 g/mol. The normalized spacial score (nSPS) is 14.6. The summed E-state index contributed by atoms with van der Waals surface area (Å²) in [6.07, 6.45) is 5.82. The van der Waals surface area contributed by atoms with Gasteiger partial charge in [0.15, 0.2) is 5.78 Å². The Morgan fingerprint density at radius 2 is 1.73 bits per heavy atom. The molecule has 0 bridgehead atoms. The molecule has 1 aromatic heterocycles. The number of Topliss-reactive ketones (excluding diaryl/α,β-unsaturated/α-hetero) is 1. The fraction of sp³-hybridized carbons (Fsp3) is 0.318. The first-order valence-electron chi connectivity index (χ1n) is 9.38. The van der Waals surface area contributed by atoms with Gasteiger partial charge in [-0.2, -0.15) is 0 Å². The van der Waals surface area contributed by atoms with Crippen LogP contribution in [0.4, 0.5) is 11.4 Å². The van der Waals surface area contributed by atoms with E-state index in [1.807, 2.05) is 42.1 Å². The maximum absolute atomic E-state index is 12.7. The Labute approximate surface area is 154 Å². The minimum Gasteiger partial charge on any atom is -0.378 e. The molecule has 26 heavy (non-hydrogen) atoms. The van der Waals surface area contributed by atoms with E-state index in [2.05, 4.69) is 34.5 Å². The molecule has 4 rings (SSSR count). The highest BCUT2D eigenvalue weighted by molar-refractivity contribution is 6.09. The first-order chi connectivity index (χ1) is 12.7. The molecule has 1 aliphatic heterocycles.